The molecule has 1 spiro atoms. The fourth-order valence-electron chi connectivity index (χ4n) is 3.23. The predicted octanol–water partition coefficient (Wildman–Crippen LogP) is 1.33. The van der Waals surface area contributed by atoms with Gasteiger partial charge in [0.25, 0.3) is 0 Å². The largest absolute Gasteiger partial charge is 0.399 e. The van der Waals surface area contributed by atoms with Crippen LogP contribution < -0.4 is 11.5 Å². The molecular weight excluding hydrogens is 293 g/mol. The number of amidine groups is 1. The van der Waals surface area contributed by atoms with Gasteiger partial charge >= 0.3 is 0 Å². The van der Waals surface area contributed by atoms with Crippen LogP contribution in [0.25, 0.3) is 0 Å². The quantitative estimate of drug-likeness (QED) is 0.764. The zero-order chi connectivity index (χ0) is 15.5. The molecule has 114 valence electrons. The third kappa shape index (κ3) is 1.87. The molecule has 1 atom stereocenters. The van der Waals surface area contributed by atoms with Gasteiger partial charge in [0.1, 0.15) is 21.9 Å². The molecule has 0 radical (unpaired) electrons. The van der Waals surface area contributed by atoms with Gasteiger partial charge in [0.2, 0.25) is 0 Å². The number of nitrogens with zero attached hydrogens (tertiary/aromatic N) is 1. The molecule has 7 heteroatoms. The van der Waals surface area contributed by atoms with Crippen LogP contribution in [-0.4, -0.2) is 24.8 Å². The second-order valence-electron chi connectivity index (χ2n) is 6.12. The molecule has 1 aromatic carbocycles. The van der Waals surface area contributed by atoms with Gasteiger partial charge in [0.05, 0.1) is 5.75 Å². The molecule has 0 bridgehead atoms. The SMILES string of the molecule is CC1(c2cc(N)ccc2F)CS(=O)(=O)C2(CCC2)C(N)=N1. The molecule has 0 saturated heterocycles. The van der Waals surface area contributed by atoms with Gasteiger partial charge in [-0.2, -0.15) is 0 Å². The Hall–Kier alpha value is -1.63. The van der Waals surface area contributed by atoms with Crippen LogP contribution in [0, 0.1) is 5.82 Å². The smallest absolute Gasteiger partial charge is 0.165 e. The lowest BCUT2D eigenvalue weighted by molar-refractivity contribution is 0.388. The highest BCUT2D eigenvalue weighted by atomic mass is 32.2. The lowest BCUT2D eigenvalue weighted by Crippen LogP contribution is -2.61. The molecule has 1 aromatic rings. The van der Waals surface area contributed by atoms with Crippen LogP contribution in [0.5, 0.6) is 0 Å². The molecule has 1 aliphatic carbocycles. The van der Waals surface area contributed by atoms with Crippen LogP contribution >= 0.6 is 0 Å². The van der Waals surface area contributed by atoms with E-state index in [0.717, 1.165) is 6.42 Å². The minimum Gasteiger partial charge on any atom is -0.399 e. The van der Waals surface area contributed by atoms with E-state index in [0.29, 0.717) is 18.5 Å². The van der Waals surface area contributed by atoms with E-state index < -0.39 is 25.9 Å². The Balaban J connectivity index is 2.17. The predicted molar refractivity (Wildman–Crippen MR) is 80.2 cm³/mol. The summed E-state index contributed by atoms with van der Waals surface area (Å²) in [7, 11) is -3.48. The van der Waals surface area contributed by atoms with Crippen molar-refractivity contribution in [1.29, 1.82) is 0 Å². The molecule has 4 N–H and O–H groups in total. The number of aliphatic imine (C=N–C) groups is 1. The second kappa shape index (κ2) is 4.19. The summed E-state index contributed by atoms with van der Waals surface area (Å²) in [5, 5.41) is 0. The van der Waals surface area contributed by atoms with E-state index in [1.54, 1.807) is 6.92 Å². The van der Waals surface area contributed by atoms with E-state index in [1.807, 2.05) is 0 Å². The summed E-state index contributed by atoms with van der Waals surface area (Å²) in [6.45, 7) is 1.58. The first-order chi connectivity index (χ1) is 9.70. The van der Waals surface area contributed by atoms with Crippen LogP contribution in [0.2, 0.25) is 0 Å². The topological polar surface area (TPSA) is 98.5 Å². The summed E-state index contributed by atoms with van der Waals surface area (Å²) < 4.78 is 38.4. The van der Waals surface area contributed by atoms with Crippen molar-refractivity contribution < 1.29 is 12.8 Å². The van der Waals surface area contributed by atoms with E-state index in [1.165, 1.54) is 18.2 Å². The number of nitrogens with two attached hydrogens (primary N) is 2. The van der Waals surface area contributed by atoms with Crippen molar-refractivity contribution in [3.8, 4) is 0 Å². The highest BCUT2D eigenvalue weighted by Crippen LogP contribution is 2.47. The number of benzene rings is 1. The first kappa shape index (κ1) is 14.3. The second-order valence-corrected chi connectivity index (χ2v) is 8.42. The summed E-state index contributed by atoms with van der Waals surface area (Å²) in [6, 6.07) is 4.09. The van der Waals surface area contributed by atoms with Gasteiger partial charge in [0.15, 0.2) is 9.84 Å². The van der Waals surface area contributed by atoms with E-state index >= 15 is 0 Å². The molecule has 1 unspecified atom stereocenters. The van der Waals surface area contributed by atoms with Gasteiger partial charge in [-0.3, -0.25) is 4.99 Å². The molecule has 0 aromatic heterocycles. The lowest BCUT2D eigenvalue weighted by atomic mass is 9.82. The van der Waals surface area contributed by atoms with Crippen LogP contribution in [0.15, 0.2) is 23.2 Å². The van der Waals surface area contributed by atoms with Gasteiger partial charge in [0, 0.05) is 11.3 Å². The van der Waals surface area contributed by atoms with Crippen LogP contribution in [0.4, 0.5) is 10.1 Å². The number of sulfone groups is 1. The standard InChI is InChI=1S/C14H18FN3O2S/c1-13(10-7-9(16)3-4-11(10)15)8-21(19,20)14(5-2-6-14)12(17)18-13/h3-4,7H,2,5-6,8,16H2,1H3,(H2,17,18). The monoisotopic (exact) mass is 311 g/mol. The molecule has 1 aliphatic heterocycles. The zero-order valence-electron chi connectivity index (χ0n) is 11.8. The molecular formula is C14H18FN3O2S. The maximum atomic E-state index is 14.1. The molecule has 1 saturated carbocycles. The molecule has 21 heavy (non-hydrogen) atoms. The fourth-order valence-corrected chi connectivity index (χ4v) is 5.74. The Morgan fingerprint density at radius 2 is 1.95 bits per heavy atom. The summed E-state index contributed by atoms with van der Waals surface area (Å²) in [5.74, 6) is -0.673. The molecule has 2 aliphatic rings. The van der Waals surface area contributed by atoms with E-state index in [-0.39, 0.29) is 17.2 Å². The molecule has 1 heterocycles. The molecule has 3 rings (SSSR count). The van der Waals surface area contributed by atoms with Crippen LogP contribution in [0.1, 0.15) is 31.7 Å². The van der Waals surface area contributed by atoms with Crippen molar-refractivity contribution in [2.75, 3.05) is 11.5 Å². The van der Waals surface area contributed by atoms with Crippen LogP contribution in [0.3, 0.4) is 0 Å². The number of hydrogen-bond donors (Lipinski definition) is 2. The van der Waals surface area contributed by atoms with Crippen molar-refractivity contribution in [2.24, 2.45) is 10.7 Å². The normalized spacial score (nSPS) is 29.7. The summed E-state index contributed by atoms with van der Waals surface area (Å²) in [6.07, 6.45) is 1.82. The van der Waals surface area contributed by atoms with Gasteiger partial charge in [-0.1, -0.05) is 0 Å². The highest BCUT2D eigenvalue weighted by Gasteiger charge is 2.57. The van der Waals surface area contributed by atoms with E-state index in [9.17, 15) is 12.8 Å². The Kier molecular flexibility index (Phi) is 2.86. The third-order valence-corrected chi connectivity index (χ3v) is 7.38. The Bertz CT molecular complexity index is 741. The Labute approximate surface area is 123 Å². The van der Waals surface area contributed by atoms with Crippen molar-refractivity contribution >= 4 is 21.4 Å². The molecule has 1 fully saturated rings. The van der Waals surface area contributed by atoms with E-state index in [4.69, 9.17) is 11.5 Å². The van der Waals surface area contributed by atoms with Crippen LogP contribution in [-0.2, 0) is 15.4 Å². The summed E-state index contributed by atoms with van der Waals surface area (Å²) in [5.41, 5.74) is 11.0. The fraction of sp³-hybridized carbons (Fsp3) is 0.500. The Morgan fingerprint density at radius 1 is 1.29 bits per heavy atom. The molecule has 5 nitrogen and oxygen atoms in total. The number of halogens is 1. The number of rotatable bonds is 1. The van der Waals surface area contributed by atoms with Gasteiger partial charge in [-0.25, -0.2) is 12.8 Å². The summed E-state index contributed by atoms with van der Waals surface area (Å²) >= 11 is 0. The average molecular weight is 311 g/mol. The van der Waals surface area contributed by atoms with Crippen molar-refractivity contribution in [3.63, 3.8) is 0 Å². The van der Waals surface area contributed by atoms with Gasteiger partial charge in [-0.05, 0) is 44.4 Å². The average Bonchev–Trinajstić information content (AvgIpc) is 2.27. The number of anilines is 1. The van der Waals surface area contributed by atoms with Gasteiger partial charge in [-0.15, -0.1) is 0 Å². The molecule has 0 amide bonds. The number of nitrogen functional groups attached to an aromatic ring is 1. The summed E-state index contributed by atoms with van der Waals surface area (Å²) in [4.78, 5) is 4.38. The van der Waals surface area contributed by atoms with Gasteiger partial charge < -0.3 is 11.5 Å². The minimum absolute atomic E-state index is 0.101. The van der Waals surface area contributed by atoms with E-state index in [2.05, 4.69) is 4.99 Å². The highest BCUT2D eigenvalue weighted by molar-refractivity contribution is 7.93. The van der Waals surface area contributed by atoms with Crippen molar-refractivity contribution in [1.82, 2.24) is 0 Å². The first-order valence-corrected chi connectivity index (χ1v) is 8.49. The third-order valence-electron chi connectivity index (χ3n) is 4.63. The first-order valence-electron chi connectivity index (χ1n) is 6.84. The maximum absolute atomic E-state index is 14.1. The zero-order valence-corrected chi connectivity index (χ0v) is 12.6. The Morgan fingerprint density at radius 3 is 2.48 bits per heavy atom. The minimum atomic E-state index is -3.48. The van der Waals surface area contributed by atoms with Crippen molar-refractivity contribution in [3.05, 3.63) is 29.6 Å². The lowest BCUT2D eigenvalue weighted by Gasteiger charge is -2.46. The number of hydrogen-bond acceptors (Lipinski definition) is 5. The maximum Gasteiger partial charge on any atom is 0.165 e. The van der Waals surface area contributed by atoms with Crippen molar-refractivity contribution in [2.45, 2.75) is 36.5 Å².